The molecule has 0 spiro atoms. The molecule has 2 nitrogen and oxygen atoms in total. The summed E-state index contributed by atoms with van der Waals surface area (Å²) in [7, 11) is 0. The summed E-state index contributed by atoms with van der Waals surface area (Å²) in [4.78, 5) is 4.57. The number of aliphatic imine (C=N–C) groups is 1. The van der Waals surface area contributed by atoms with Crippen LogP contribution in [0.3, 0.4) is 0 Å². The van der Waals surface area contributed by atoms with Crippen LogP contribution < -0.4 is 5.32 Å². The van der Waals surface area contributed by atoms with Crippen LogP contribution in [0.1, 0.15) is 18.4 Å². The second-order valence-electron chi connectivity index (χ2n) is 4.72. The fraction of sp³-hybridized carbons (Fsp3) is 0.462. The third-order valence-electron chi connectivity index (χ3n) is 3.27. The number of halogens is 1. The van der Waals surface area contributed by atoms with Crippen molar-refractivity contribution in [2.24, 2.45) is 10.9 Å². The Bertz CT molecular complexity index is 468. The van der Waals surface area contributed by atoms with Crippen LogP contribution in [0.5, 0.6) is 0 Å². The minimum absolute atomic E-state index is 0.706. The van der Waals surface area contributed by atoms with Gasteiger partial charge in [0.15, 0.2) is 5.17 Å². The molecular formula is C13H15ClN2S. The number of hydrogen-bond donors (Lipinski definition) is 1. The monoisotopic (exact) mass is 266 g/mol. The first kappa shape index (κ1) is 11.4. The second kappa shape index (κ2) is 4.54. The van der Waals surface area contributed by atoms with Crippen LogP contribution >= 0.6 is 23.4 Å². The Morgan fingerprint density at radius 3 is 3.00 bits per heavy atom. The number of nitrogens with one attached hydrogen (secondary N) is 1. The molecule has 1 fully saturated rings. The van der Waals surface area contributed by atoms with E-state index in [2.05, 4.69) is 17.2 Å². The van der Waals surface area contributed by atoms with Gasteiger partial charge in [-0.25, -0.2) is 0 Å². The number of thioether (sulfide) groups is 1. The van der Waals surface area contributed by atoms with Gasteiger partial charge in [-0.1, -0.05) is 29.4 Å². The van der Waals surface area contributed by atoms with Gasteiger partial charge in [0.05, 0.1) is 6.54 Å². The van der Waals surface area contributed by atoms with Crippen LogP contribution in [0.2, 0.25) is 5.02 Å². The van der Waals surface area contributed by atoms with E-state index in [4.69, 9.17) is 11.6 Å². The van der Waals surface area contributed by atoms with Gasteiger partial charge < -0.3 is 5.32 Å². The van der Waals surface area contributed by atoms with Crippen molar-refractivity contribution in [2.75, 3.05) is 11.9 Å². The van der Waals surface area contributed by atoms with Crippen LogP contribution in [0.25, 0.3) is 0 Å². The molecule has 2 aliphatic rings. The number of benzene rings is 1. The molecule has 17 heavy (non-hydrogen) atoms. The van der Waals surface area contributed by atoms with E-state index in [0.29, 0.717) is 5.25 Å². The Morgan fingerprint density at radius 2 is 2.24 bits per heavy atom. The summed E-state index contributed by atoms with van der Waals surface area (Å²) >= 11 is 7.89. The van der Waals surface area contributed by atoms with E-state index in [1.165, 1.54) is 18.4 Å². The molecule has 0 radical (unpaired) electrons. The van der Waals surface area contributed by atoms with Gasteiger partial charge in [-0.2, -0.15) is 0 Å². The van der Waals surface area contributed by atoms with E-state index in [9.17, 15) is 0 Å². The quantitative estimate of drug-likeness (QED) is 0.877. The summed E-state index contributed by atoms with van der Waals surface area (Å²) in [6.07, 6.45) is 2.77. The number of amidine groups is 1. The molecule has 1 aliphatic heterocycles. The van der Waals surface area contributed by atoms with Crippen molar-refractivity contribution in [1.82, 2.24) is 0 Å². The summed E-state index contributed by atoms with van der Waals surface area (Å²) in [5, 5.41) is 5.91. The summed E-state index contributed by atoms with van der Waals surface area (Å²) in [5.74, 6) is 0.906. The molecule has 1 aromatic rings. The Kier molecular flexibility index (Phi) is 3.05. The number of nitrogens with zero attached hydrogens (tertiary/aromatic N) is 1. The number of rotatable bonds is 2. The van der Waals surface area contributed by atoms with Gasteiger partial charge in [-0.3, -0.25) is 4.99 Å². The first-order valence-corrected chi connectivity index (χ1v) is 7.22. The lowest BCUT2D eigenvalue weighted by atomic mass is 10.2. The van der Waals surface area contributed by atoms with Crippen molar-refractivity contribution in [3.8, 4) is 0 Å². The Labute approximate surface area is 111 Å². The van der Waals surface area contributed by atoms with E-state index in [0.717, 1.165) is 28.3 Å². The average Bonchev–Trinajstić information content (AvgIpc) is 3.05. The maximum Gasteiger partial charge on any atom is 0.161 e. The molecule has 1 aliphatic carbocycles. The molecule has 0 bridgehead atoms. The van der Waals surface area contributed by atoms with Crippen LogP contribution in [0.15, 0.2) is 23.2 Å². The molecule has 1 aromatic carbocycles. The smallest absolute Gasteiger partial charge is 0.161 e. The fourth-order valence-electron chi connectivity index (χ4n) is 2.02. The molecule has 0 amide bonds. The van der Waals surface area contributed by atoms with Crippen LogP contribution in [0, 0.1) is 12.8 Å². The molecule has 0 saturated heterocycles. The highest BCUT2D eigenvalue weighted by molar-refractivity contribution is 8.15. The zero-order valence-corrected chi connectivity index (χ0v) is 11.3. The first-order valence-electron chi connectivity index (χ1n) is 5.96. The Balaban J connectivity index is 1.68. The first-order chi connectivity index (χ1) is 8.22. The molecule has 1 heterocycles. The van der Waals surface area contributed by atoms with Gasteiger partial charge in [0.1, 0.15) is 0 Å². The van der Waals surface area contributed by atoms with E-state index >= 15 is 0 Å². The van der Waals surface area contributed by atoms with Crippen molar-refractivity contribution in [3.63, 3.8) is 0 Å². The van der Waals surface area contributed by atoms with Crippen molar-refractivity contribution < 1.29 is 0 Å². The molecule has 4 heteroatoms. The van der Waals surface area contributed by atoms with Crippen molar-refractivity contribution in [1.29, 1.82) is 0 Å². The van der Waals surface area contributed by atoms with Gasteiger partial charge in [-0.05, 0) is 43.4 Å². The summed E-state index contributed by atoms with van der Waals surface area (Å²) < 4.78 is 0. The second-order valence-corrected chi connectivity index (χ2v) is 6.39. The molecule has 1 unspecified atom stereocenters. The van der Waals surface area contributed by atoms with E-state index in [1.54, 1.807) is 0 Å². The predicted molar refractivity (Wildman–Crippen MR) is 76.2 cm³/mol. The highest BCUT2D eigenvalue weighted by atomic mass is 35.5. The molecule has 1 atom stereocenters. The molecular weight excluding hydrogens is 252 g/mol. The topological polar surface area (TPSA) is 24.4 Å². The number of aryl methyl sites for hydroxylation is 1. The van der Waals surface area contributed by atoms with Gasteiger partial charge in [0.25, 0.3) is 0 Å². The highest BCUT2D eigenvalue weighted by Gasteiger charge is 2.35. The third kappa shape index (κ3) is 2.61. The van der Waals surface area contributed by atoms with E-state index in [1.807, 2.05) is 30.0 Å². The minimum Gasteiger partial charge on any atom is -0.335 e. The van der Waals surface area contributed by atoms with Crippen LogP contribution in [-0.2, 0) is 0 Å². The largest absolute Gasteiger partial charge is 0.335 e. The lowest BCUT2D eigenvalue weighted by molar-refractivity contribution is 0.773. The SMILES string of the molecule is Cc1ccc(Cl)cc1NC1=NCC(C2CC2)S1. The van der Waals surface area contributed by atoms with Gasteiger partial charge in [0.2, 0.25) is 0 Å². The van der Waals surface area contributed by atoms with E-state index in [-0.39, 0.29) is 0 Å². The third-order valence-corrected chi connectivity index (χ3v) is 4.79. The van der Waals surface area contributed by atoms with Crippen LogP contribution in [0.4, 0.5) is 5.69 Å². The summed E-state index contributed by atoms with van der Waals surface area (Å²) in [6.45, 7) is 3.05. The van der Waals surface area contributed by atoms with Gasteiger partial charge >= 0.3 is 0 Å². The molecule has 1 N–H and O–H groups in total. The lowest BCUT2D eigenvalue weighted by Gasteiger charge is -2.10. The predicted octanol–water partition coefficient (Wildman–Crippen LogP) is 3.94. The maximum absolute atomic E-state index is 6.00. The standard InChI is InChI=1S/C13H15ClN2S/c1-8-2-5-10(14)6-11(8)16-13-15-7-12(17-13)9-3-4-9/h2,5-6,9,12H,3-4,7H2,1H3,(H,15,16). The van der Waals surface area contributed by atoms with E-state index < -0.39 is 0 Å². The molecule has 1 saturated carbocycles. The molecule has 90 valence electrons. The normalized spacial score (nSPS) is 23.6. The fourth-order valence-corrected chi connectivity index (χ4v) is 3.41. The Hall–Kier alpha value is -0.670. The van der Waals surface area contributed by atoms with Gasteiger partial charge in [-0.15, -0.1) is 0 Å². The summed E-state index contributed by atoms with van der Waals surface area (Å²) in [6, 6.07) is 5.91. The highest BCUT2D eigenvalue weighted by Crippen LogP contribution is 2.42. The maximum atomic E-state index is 6.00. The molecule has 0 aromatic heterocycles. The zero-order chi connectivity index (χ0) is 11.8. The Morgan fingerprint density at radius 1 is 1.41 bits per heavy atom. The van der Waals surface area contributed by atoms with Crippen LogP contribution in [-0.4, -0.2) is 17.0 Å². The lowest BCUT2D eigenvalue weighted by Crippen LogP contribution is -2.09. The number of hydrogen-bond acceptors (Lipinski definition) is 3. The van der Waals surface area contributed by atoms with Crippen molar-refractivity contribution in [3.05, 3.63) is 28.8 Å². The number of anilines is 1. The minimum atomic E-state index is 0.706. The van der Waals surface area contributed by atoms with Gasteiger partial charge in [0, 0.05) is 16.0 Å². The summed E-state index contributed by atoms with van der Waals surface area (Å²) in [5.41, 5.74) is 2.27. The van der Waals surface area contributed by atoms with Crippen molar-refractivity contribution >= 4 is 34.2 Å². The molecule has 3 rings (SSSR count). The van der Waals surface area contributed by atoms with Crippen molar-refractivity contribution in [2.45, 2.75) is 25.0 Å². The zero-order valence-electron chi connectivity index (χ0n) is 9.74. The average molecular weight is 267 g/mol.